The fraction of sp³-hybridized carbons (Fsp3) is 0.615. The van der Waals surface area contributed by atoms with Crippen LogP contribution in [0.1, 0.15) is 39.3 Å². The van der Waals surface area contributed by atoms with Gasteiger partial charge in [-0.1, -0.05) is 20.8 Å². The Kier molecular flexibility index (Phi) is 3.15. The smallest absolute Gasteiger partial charge is 0.136 e. The second kappa shape index (κ2) is 4.28. The van der Waals surface area contributed by atoms with Crippen LogP contribution in [0, 0.1) is 0 Å². The van der Waals surface area contributed by atoms with E-state index in [0.717, 1.165) is 11.4 Å². The van der Waals surface area contributed by atoms with Gasteiger partial charge < -0.3 is 4.74 Å². The lowest BCUT2D eigenvalue weighted by Crippen LogP contribution is -2.15. The number of hydrogen-bond acceptors (Lipinski definition) is 3. The Morgan fingerprint density at radius 2 is 2.06 bits per heavy atom. The molecular formula is C13H19NOS. The van der Waals surface area contributed by atoms with E-state index in [9.17, 15) is 0 Å². The van der Waals surface area contributed by atoms with Gasteiger partial charge in [-0.05, 0) is 25.2 Å². The van der Waals surface area contributed by atoms with Crippen LogP contribution < -0.4 is 4.74 Å². The lowest BCUT2D eigenvalue weighted by atomic mass is 9.91. The zero-order chi connectivity index (χ0) is 11.8. The molecule has 2 nitrogen and oxygen atoms in total. The molecule has 88 valence electrons. The number of ether oxygens (including phenoxy) is 1. The highest BCUT2D eigenvalue weighted by Crippen LogP contribution is 2.38. The molecule has 0 N–H and O–H groups in total. The van der Waals surface area contributed by atoms with Crippen molar-refractivity contribution in [2.24, 2.45) is 0 Å². The summed E-state index contributed by atoms with van der Waals surface area (Å²) < 4.78 is 5.92. The number of hydrogen-bond donors (Lipinski definition) is 0. The summed E-state index contributed by atoms with van der Waals surface area (Å²) in [5, 5.41) is 0. The summed E-state index contributed by atoms with van der Waals surface area (Å²) in [6.45, 7) is 6.57. The summed E-state index contributed by atoms with van der Waals surface area (Å²) >= 11 is 1.73. The Hall–Kier alpha value is -0.700. The van der Waals surface area contributed by atoms with Crippen LogP contribution in [0.5, 0.6) is 5.75 Å². The molecule has 3 heteroatoms. The fourth-order valence-corrected chi connectivity index (χ4v) is 2.49. The van der Waals surface area contributed by atoms with Gasteiger partial charge in [0.15, 0.2) is 0 Å². The summed E-state index contributed by atoms with van der Waals surface area (Å²) in [6, 6.07) is 1.99. The van der Waals surface area contributed by atoms with Crippen LogP contribution >= 0.6 is 11.8 Å². The van der Waals surface area contributed by atoms with Gasteiger partial charge in [0.2, 0.25) is 0 Å². The van der Waals surface area contributed by atoms with Gasteiger partial charge in [-0.15, -0.1) is 11.8 Å². The molecule has 1 aliphatic carbocycles. The Balaban J connectivity index is 2.37. The molecule has 0 unspecified atom stereocenters. The highest BCUT2D eigenvalue weighted by atomic mass is 32.2. The van der Waals surface area contributed by atoms with Crippen molar-refractivity contribution < 1.29 is 4.74 Å². The zero-order valence-electron chi connectivity index (χ0n) is 10.4. The predicted octanol–water partition coefficient (Wildman–Crippen LogP) is 3.64. The van der Waals surface area contributed by atoms with Gasteiger partial charge >= 0.3 is 0 Å². The molecule has 1 aliphatic rings. The zero-order valence-corrected chi connectivity index (χ0v) is 11.2. The third-order valence-corrected chi connectivity index (χ3v) is 3.40. The summed E-state index contributed by atoms with van der Waals surface area (Å²) in [7, 11) is 0. The minimum absolute atomic E-state index is 0.0707. The molecule has 0 spiro atoms. The number of thioether (sulfide) groups is 1. The normalized spacial score (nSPS) is 16.2. The molecule has 2 rings (SSSR count). The first-order chi connectivity index (χ1) is 7.52. The lowest BCUT2D eigenvalue weighted by Gasteiger charge is -2.22. The molecule has 1 fully saturated rings. The first-order valence-corrected chi connectivity index (χ1v) is 6.95. The van der Waals surface area contributed by atoms with E-state index in [2.05, 4.69) is 32.0 Å². The molecule has 0 radical (unpaired) electrons. The second-order valence-electron chi connectivity index (χ2n) is 5.26. The molecular weight excluding hydrogens is 218 g/mol. The molecule has 1 aromatic rings. The highest BCUT2D eigenvalue weighted by Gasteiger charge is 2.27. The molecule has 0 aromatic carbocycles. The Morgan fingerprint density at radius 1 is 1.38 bits per heavy atom. The van der Waals surface area contributed by atoms with Crippen molar-refractivity contribution in [3.63, 3.8) is 0 Å². The van der Waals surface area contributed by atoms with E-state index >= 15 is 0 Å². The van der Waals surface area contributed by atoms with E-state index in [0.29, 0.717) is 6.10 Å². The van der Waals surface area contributed by atoms with Crippen LogP contribution in [0.25, 0.3) is 0 Å². The summed E-state index contributed by atoms with van der Waals surface area (Å²) in [4.78, 5) is 5.70. The molecule has 1 saturated carbocycles. The van der Waals surface area contributed by atoms with Crippen molar-refractivity contribution in [3.05, 3.63) is 18.0 Å². The maximum Gasteiger partial charge on any atom is 0.136 e. The van der Waals surface area contributed by atoms with Crippen LogP contribution in [-0.4, -0.2) is 17.3 Å². The topological polar surface area (TPSA) is 22.1 Å². The molecule has 1 aromatic heterocycles. The number of nitrogens with zero attached hydrogens (tertiary/aromatic N) is 1. The first-order valence-electron chi connectivity index (χ1n) is 5.72. The third-order valence-electron chi connectivity index (χ3n) is 2.60. The van der Waals surface area contributed by atoms with Gasteiger partial charge in [0.1, 0.15) is 5.75 Å². The van der Waals surface area contributed by atoms with Crippen LogP contribution in [0.2, 0.25) is 0 Å². The van der Waals surface area contributed by atoms with E-state index in [1.165, 1.54) is 17.7 Å². The van der Waals surface area contributed by atoms with Crippen LogP contribution in [0.4, 0.5) is 0 Å². The quantitative estimate of drug-likeness (QED) is 0.749. The Morgan fingerprint density at radius 3 is 2.56 bits per heavy atom. The monoisotopic (exact) mass is 237 g/mol. The minimum atomic E-state index is 0.0707. The van der Waals surface area contributed by atoms with E-state index in [-0.39, 0.29) is 5.41 Å². The average Bonchev–Trinajstić information content (AvgIpc) is 3.00. The minimum Gasteiger partial charge on any atom is -0.489 e. The summed E-state index contributed by atoms with van der Waals surface area (Å²) in [5.74, 6) is 1.01. The number of rotatable bonds is 3. The molecule has 0 aliphatic heterocycles. The molecule has 0 amide bonds. The van der Waals surface area contributed by atoms with Crippen molar-refractivity contribution in [1.29, 1.82) is 0 Å². The standard InChI is InChI=1S/C13H19NOS/c1-13(2,3)12-11(16-4)10(7-8-14-12)15-9-5-6-9/h7-9H,5-6H2,1-4H3. The first kappa shape index (κ1) is 11.8. The van der Waals surface area contributed by atoms with Gasteiger partial charge in [-0.25, -0.2) is 0 Å². The Bertz CT molecular complexity index is 380. The van der Waals surface area contributed by atoms with E-state index < -0.39 is 0 Å². The maximum absolute atomic E-state index is 5.92. The summed E-state index contributed by atoms with van der Waals surface area (Å²) in [5.41, 5.74) is 1.21. The van der Waals surface area contributed by atoms with E-state index in [1.807, 2.05) is 12.3 Å². The number of pyridine rings is 1. The predicted molar refractivity (Wildman–Crippen MR) is 68.4 cm³/mol. The van der Waals surface area contributed by atoms with Crippen molar-refractivity contribution in [2.45, 2.75) is 50.0 Å². The molecule has 1 heterocycles. The maximum atomic E-state index is 5.92. The summed E-state index contributed by atoms with van der Waals surface area (Å²) in [6.07, 6.45) is 6.78. The Labute approximate surface area is 102 Å². The third kappa shape index (κ3) is 2.51. The van der Waals surface area contributed by atoms with Crippen LogP contribution in [0.3, 0.4) is 0 Å². The highest BCUT2D eigenvalue weighted by molar-refractivity contribution is 7.98. The molecule has 0 atom stereocenters. The SMILES string of the molecule is CSc1c(OC2CC2)ccnc1C(C)(C)C. The van der Waals surface area contributed by atoms with E-state index in [4.69, 9.17) is 4.74 Å². The van der Waals surface area contributed by atoms with Crippen LogP contribution in [0.15, 0.2) is 17.2 Å². The van der Waals surface area contributed by atoms with Crippen molar-refractivity contribution in [1.82, 2.24) is 4.98 Å². The van der Waals surface area contributed by atoms with Crippen LogP contribution in [-0.2, 0) is 5.41 Å². The van der Waals surface area contributed by atoms with E-state index in [1.54, 1.807) is 11.8 Å². The van der Waals surface area contributed by atoms with Gasteiger partial charge in [-0.3, -0.25) is 4.98 Å². The fourth-order valence-electron chi connectivity index (χ4n) is 1.62. The van der Waals surface area contributed by atoms with Gasteiger partial charge in [-0.2, -0.15) is 0 Å². The number of aromatic nitrogens is 1. The molecule has 0 saturated heterocycles. The van der Waals surface area contributed by atoms with Gasteiger partial charge in [0.25, 0.3) is 0 Å². The van der Waals surface area contributed by atoms with Crippen molar-refractivity contribution in [2.75, 3.05) is 6.26 Å². The second-order valence-corrected chi connectivity index (χ2v) is 6.07. The average molecular weight is 237 g/mol. The van der Waals surface area contributed by atoms with Gasteiger partial charge in [0.05, 0.1) is 16.7 Å². The lowest BCUT2D eigenvalue weighted by molar-refractivity contribution is 0.293. The van der Waals surface area contributed by atoms with Crippen molar-refractivity contribution in [3.8, 4) is 5.75 Å². The largest absolute Gasteiger partial charge is 0.489 e. The molecule has 0 bridgehead atoms. The van der Waals surface area contributed by atoms with Gasteiger partial charge in [0, 0.05) is 11.6 Å². The molecule has 16 heavy (non-hydrogen) atoms. The van der Waals surface area contributed by atoms with Crippen molar-refractivity contribution >= 4 is 11.8 Å².